The van der Waals surface area contributed by atoms with Crippen molar-refractivity contribution >= 4 is 38.2 Å². The molecule has 32 heavy (non-hydrogen) atoms. The molecule has 3 aromatic rings. The molecule has 1 fully saturated rings. The lowest BCUT2D eigenvalue weighted by Crippen LogP contribution is -2.31. The molecular formula is C24H28N4O3S. The second kappa shape index (κ2) is 9.26. The summed E-state index contributed by atoms with van der Waals surface area (Å²) in [5.41, 5.74) is 2.58. The van der Waals surface area contributed by atoms with Gasteiger partial charge in [-0.1, -0.05) is 32.0 Å². The van der Waals surface area contributed by atoms with Crippen LogP contribution >= 0.6 is 0 Å². The van der Waals surface area contributed by atoms with Crippen molar-refractivity contribution in [2.45, 2.75) is 31.6 Å². The van der Waals surface area contributed by atoms with Crippen LogP contribution in [0.2, 0.25) is 0 Å². The van der Waals surface area contributed by atoms with Crippen molar-refractivity contribution in [2.24, 2.45) is 0 Å². The largest absolute Gasteiger partial charge is 0.370 e. The third-order valence-electron chi connectivity index (χ3n) is 5.90. The van der Waals surface area contributed by atoms with Gasteiger partial charge in [0.15, 0.2) is 0 Å². The zero-order valence-corrected chi connectivity index (χ0v) is 19.2. The Labute approximate surface area is 189 Å². The third kappa shape index (κ3) is 4.20. The maximum atomic E-state index is 13.3. The zero-order valence-electron chi connectivity index (χ0n) is 18.4. The molecule has 2 heterocycles. The molecule has 0 atom stereocenters. The second-order valence-electron chi connectivity index (χ2n) is 7.79. The maximum Gasteiger partial charge on any atom is 0.256 e. The fourth-order valence-electron chi connectivity index (χ4n) is 4.21. The molecule has 1 amide bonds. The van der Waals surface area contributed by atoms with Crippen LogP contribution in [0.4, 0.5) is 11.4 Å². The molecule has 1 N–H and O–H groups in total. The number of nitrogens with one attached hydrogen (secondary N) is 1. The molecule has 0 saturated carbocycles. The first kappa shape index (κ1) is 22.2. The SMILES string of the molecule is CCN(CC)S(=O)(=O)c1ccc(N2CCCC2)c(NC(=O)c2ccnc3ccccc23)c1. The van der Waals surface area contributed by atoms with E-state index in [9.17, 15) is 13.2 Å². The first-order valence-corrected chi connectivity index (χ1v) is 12.4. The van der Waals surface area contributed by atoms with Crippen molar-refractivity contribution in [1.82, 2.24) is 9.29 Å². The minimum absolute atomic E-state index is 0.180. The van der Waals surface area contributed by atoms with Crippen LogP contribution < -0.4 is 10.2 Å². The molecule has 7 nitrogen and oxygen atoms in total. The van der Waals surface area contributed by atoms with Crippen LogP contribution in [0.25, 0.3) is 10.9 Å². The summed E-state index contributed by atoms with van der Waals surface area (Å²) in [4.78, 5) is 20.0. The average Bonchev–Trinajstić information content (AvgIpc) is 3.34. The summed E-state index contributed by atoms with van der Waals surface area (Å²) in [6.45, 7) is 6.16. The molecule has 0 aliphatic carbocycles. The molecule has 2 aromatic carbocycles. The molecule has 0 radical (unpaired) electrons. The van der Waals surface area contributed by atoms with E-state index in [1.807, 2.05) is 44.2 Å². The highest BCUT2D eigenvalue weighted by Gasteiger charge is 2.25. The zero-order chi connectivity index (χ0) is 22.7. The van der Waals surface area contributed by atoms with Crippen molar-refractivity contribution in [3.8, 4) is 0 Å². The minimum Gasteiger partial charge on any atom is -0.370 e. The van der Waals surface area contributed by atoms with E-state index in [2.05, 4.69) is 15.2 Å². The number of nitrogens with zero attached hydrogens (tertiary/aromatic N) is 3. The smallest absolute Gasteiger partial charge is 0.256 e. The van der Waals surface area contributed by atoms with Gasteiger partial charge in [0.1, 0.15) is 0 Å². The fourth-order valence-corrected chi connectivity index (χ4v) is 5.69. The van der Waals surface area contributed by atoms with Gasteiger partial charge in [-0.25, -0.2) is 8.42 Å². The molecule has 0 spiro atoms. The normalized spacial score (nSPS) is 14.3. The number of amides is 1. The lowest BCUT2D eigenvalue weighted by molar-refractivity contribution is 0.102. The number of fused-ring (bicyclic) bond motifs is 1. The van der Waals surface area contributed by atoms with E-state index in [0.717, 1.165) is 42.5 Å². The molecule has 8 heteroatoms. The van der Waals surface area contributed by atoms with E-state index in [4.69, 9.17) is 0 Å². The van der Waals surface area contributed by atoms with Gasteiger partial charge in [-0.3, -0.25) is 9.78 Å². The Balaban J connectivity index is 1.76. The van der Waals surface area contributed by atoms with Crippen LogP contribution in [0, 0.1) is 0 Å². The Kier molecular flexibility index (Phi) is 6.43. The number of hydrogen-bond donors (Lipinski definition) is 1. The van der Waals surface area contributed by atoms with Gasteiger partial charge in [-0.15, -0.1) is 0 Å². The second-order valence-corrected chi connectivity index (χ2v) is 9.73. The fraction of sp³-hybridized carbons (Fsp3) is 0.333. The quantitative estimate of drug-likeness (QED) is 0.583. The van der Waals surface area contributed by atoms with Gasteiger partial charge < -0.3 is 10.2 Å². The molecule has 1 aromatic heterocycles. The molecular weight excluding hydrogens is 424 g/mol. The van der Waals surface area contributed by atoms with Crippen LogP contribution in [0.15, 0.2) is 59.6 Å². The number of rotatable bonds is 7. The third-order valence-corrected chi connectivity index (χ3v) is 7.95. The molecule has 0 bridgehead atoms. The van der Waals surface area contributed by atoms with E-state index in [1.165, 1.54) is 4.31 Å². The Morgan fingerprint density at radius 2 is 1.78 bits per heavy atom. The average molecular weight is 453 g/mol. The maximum absolute atomic E-state index is 13.3. The molecule has 1 saturated heterocycles. The van der Waals surface area contributed by atoms with Gasteiger partial charge in [-0.05, 0) is 43.2 Å². The lowest BCUT2D eigenvalue weighted by Gasteiger charge is -2.24. The summed E-state index contributed by atoms with van der Waals surface area (Å²) in [5, 5.41) is 3.74. The first-order valence-electron chi connectivity index (χ1n) is 11.0. The van der Waals surface area contributed by atoms with Crippen LogP contribution in [-0.2, 0) is 10.0 Å². The Bertz CT molecular complexity index is 1230. The van der Waals surface area contributed by atoms with Crippen molar-refractivity contribution < 1.29 is 13.2 Å². The van der Waals surface area contributed by atoms with Crippen LogP contribution in [0.3, 0.4) is 0 Å². The molecule has 4 rings (SSSR count). The number of benzene rings is 2. The van der Waals surface area contributed by atoms with E-state index < -0.39 is 10.0 Å². The highest BCUT2D eigenvalue weighted by atomic mass is 32.2. The number of hydrogen-bond acceptors (Lipinski definition) is 5. The van der Waals surface area contributed by atoms with Gasteiger partial charge in [0, 0.05) is 37.8 Å². The monoisotopic (exact) mass is 452 g/mol. The molecule has 0 unspecified atom stereocenters. The summed E-state index contributed by atoms with van der Waals surface area (Å²) in [5.74, 6) is -0.290. The molecule has 1 aliphatic heterocycles. The summed E-state index contributed by atoms with van der Waals surface area (Å²) < 4.78 is 27.6. The Hall–Kier alpha value is -2.97. The van der Waals surface area contributed by atoms with E-state index in [0.29, 0.717) is 24.3 Å². The van der Waals surface area contributed by atoms with E-state index in [-0.39, 0.29) is 10.8 Å². The lowest BCUT2D eigenvalue weighted by atomic mass is 10.1. The summed E-state index contributed by atoms with van der Waals surface area (Å²) in [6.07, 6.45) is 3.75. The van der Waals surface area contributed by atoms with Gasteiger partial charge in [0.25, 0.3) is 5.91 Å². The van der Waals surface area contributed by atoms with Gasteiger partial charge in [0.2, 0.25) is 10.0 Å². The van der Waals surface area contributed by atoms with Gasteiger partial charge in [-0.2, -0.15) is 4.31 Å². The van der Waals surface area contributed by atoms with Crippen molar-refractivity contribution in [3.05, 3.63) is 60.3 Å². The Morgan fingerprint density at radius 1 is 1.06 bits per heavy atom. The number of carbonyl (C=O) groups excluding carboxylic acids is 1. The highest BCUT2D eigenvalue weighted by Crippen LogP contribution is 2.33. The van der Waals surface area contributed by atoms with Crippen molar-refractivity contribution in [1.29, 1.82) is 0 Å². The predicted molar refractivity (Wildman–Crippen MR) is 128 cm³/mol. The number of pyridine rings is 1. The van der Waals surface area contributed by atoms with E-state index in [1.54, 1.807) is 24.4 Å². The topological polar surface area (TPSA) is 82.6 Å². The standard InChI is InChI=1S/C24H28N4O3S/c1-3-28(4-2)32(30,31)18-11-12-23(27-15-7-8-16-27)22(17-18)26-24(29)20-13-14-25-21-10-6-5-9-19(20)21/h5-6,9-14,17H,3-4,7-8,15-16H2,1-2H3,(H,26,29). The first-order chi connectivity index (χ1) is 15.5. The highest BCUT2D eigenvalue weighted by molar-refractivity contribution is 7.89. The van der Waals surface area contributed by atoms with Gasteiger partial charge in [0.05, 0.1) is 27.4 Å². The van der Waals surface area contributed by atoms with Gasteiger partial charge >= 0.3 is 0 Å². The summed E-state index contributed by atoms with van der Waals surface area (Å²) >= 11 is 0. The van der Waals surface area contributed by atoms with Crippen molar-refractivity contribution in [3.63, 3.8) is 0 Å². The molecule has 168 valence electrons. The number of aromatic nitrogens is 1. The number of carbonyl (C=O) groups is 1. The molecule has 1 aliphatic rings. The summed E-state index contributed by atoms with van der Waals surface area (Å²) in [6, 6.07) is 14.2. The predicted octanol–water partition coefficient (Wildman–Crippen LogP) is 4.12. The summed E-state index contributed by atoms with van der Waals surface area (Å²) in [7, 11) is -3.65. The number of sulfonamides is 1. The van der Waals surface area contributed by atoms with Crippen LogP contribution in [0.5, 0.6) is 0 Å². The van der Waals surface area contributed by atoms with Crippen LogP contribution in [0.1, 0.15) is 37.0 Å². The van der Waals surface area contributed by atoms with E-state index >= 15 is 0 Å². The van der Waals surface area contributed by atoms with Crippen molar-refractivity contribution in [2.75, 3.05) is 36.4 Å². The number of para-hydroxylation sites is 1. The Morgan fingerprint density at radius 3 is 2.50 bits per heavy atom. The van der Waals surface area contributed by atoms with Crippen LogP contribution in [-0.4, -0.2) is 49.8 Å². The number of anilines is 2. The minimum atomic E-state index is -3.65.